The Morgan fingerprint density at radius 1 is 1.33 bits per heavy atom. The van der Waals surface area contributed by atoms with Gasteiger partial charge in [-0.05, 0) is 41.6 Å². The second kappa shape index (κ2) is 7.70. The van der Waals surface area contributed by atoms with Crippen LogP contribution in [-0.2, 0) is 0 Å². The van der Waals surface area contributed by atoms with Gasteiger partial charge in [-0.15, -0.1) is 5.10 Å². The Morgan fingerprint density at radius 3 is 2.90 bits per heavy atom. The molecule has 0 bridgehead atoms. The average Bonchev–Trinajstić information content (AvgIpc) is 3.01. The number of benzene rings is 1. The second-order valence-corrected chi connectivity index (χ2v) is 4.86. The second-order valence-electron chi connectivity index (χ2n) is 4.42. The van der Waals surface area contributed by atoms with Crippen LogP contribution in [0.15, 0.2) is 24.5 Å². The Bertz CT molecular complexity index is 586. The normalized spacial score (nSPS) is 10.6. The van der Waals surface area contributed by atoms with Gasteiger partial charge in [-0.2, -0.15) is 4.68 Å². The Morgan fingerprint density at radius 2 is 2.19 bits per heavy atom. The molecule has 0 aliphatic carbocycles. The van der Waals surface area contributed by atoms with Crippen LogP contribution in [0.1, 0.15) is 23.7 Å². The van der Waals surface area contributed by atoms with E-state index in [1.807, 2.05) is 0 Å². The lowest BCUT2D eigenvalue weighted by molar-refractivity contribution is 0.0954. The van der Waals surface area contributed by atoms with Crippen molar-refractivity contribution >= 4 is 17.5 Å². The molecule has 112 valence electrons. The number of amides is 1. The summed E-state index contributed by atoms with van der Waals surface area (Å²) < 4.78 is 1.43. The fourth-order valence-corrected chi connectivity index (χ4v) is 2.00. The first-order valence-electron chi connectivity index (χ1n) is 6.74. The van der Waals surface area contributed by atoms with Gasteiger partial charge in [0.05, 0.1) is 11.3 Å². The van der Waals surface area contributed by atoms with Gasteiger partial charge in [0, 0.05) is 18.1 Å². The minimum atomic E-state index is -0.207. The lowest BCUT2D eigenvalue weighted by Gasteiger charge is -2.10. The fourth-order valence-electron chi connectivity index (χ4n) is 1.82. The molecule has 0 atom stereocenters. The highest BCUT2D eigenvalue weighted by atomic mass is 35.5. The molecule has 1 amide bonds. The maximum Gasteiger partial charge on any atom is 0.253 e. The van der Waals surface area contributed by atoms with Crippen molar-refractivity contribution in [3.05, 3.63) is 35.1 Å². The molecule has 0 radical (unpaired) electrons. The molecule has 1 aromatic heterocycles. The zero-order valence-electron chi connectivity index (χ0n) is 11.7. The third-order valence-corrected chi connectivity index (χ3v) is 3.05. The van der Waals surface area contributed by atoms with Crippen LogP contribution in [0.25, 0.3) is 5.69 Å². The predicted molar refractivity (Wildman–Crippen MR) is 79.7 cm³/mol. The van der Waals surface area contributed by atoms with Gasteiger partial charge in [0.1, 0.15) is 6.33 Å². The SMILES string of the molecule is CCCNCCNC(=O)c1cc(Cl)ccc1-n1cnnn1. The molecule has 8 heteroatoms. The number of carbonyl (C=O) groups is 1. The summed E-state index contributed by atoms with van der Waals surface area (Å²) >= 11 is 5.97. The quantitative estimate of drug-likeness (QED) is 0.747. The molecule has 2 aromatic rings. The highest BCUT2D eigenvalue weighted by Gasteiger charge is 2.14. The zero-order valence-corrected chi connectivity index (χ0v) is 12.5. The summed E-state index contributed by atoms with van der Waals surface area (Å²) in [6, 6.07) is 5.01. The molecule has 0 saturated heterocycles. The van der Waals surface area contributed by atoms with Crippen LogP contribution in [0.3, 0.4) is 0 Å². The van der Waals surface area contributed by atoms with Gasteiger partial charge in [0.25, 0.3) is 5.91 Å². The Balaban J connectivity index is 2.07. The number of nitrogens with zero attached hydrogens (tertiary/aromatic N) is 4. The van der Waals surface area contributed by atoms with Gasteiger partial charge < -0.3 is 10.6 Å². The lowest BCUT2D eigenvalue weighted by Crippen LogP contribution is -2.32. The van der Waals surface area contributed by atoms with Crippen LogP contribution in [-0.4, -0.2) is 45.7 Å². The molecule has 2 rings (SSSR count). The van der Waals surface area contributed by atoms with Crippen LogP contribution >= 0.6 is 11.6 Å². The minimum absolute atomic E-state index is 0.207. The lowest BCUT2D eigenvalue weighted by atomic mass is 10.1. The topological polar surface area (TPSA) is 84.7 Å². The van der Waals surface area contributed by atoms with E-state index in [1.54, 1.807) is 18.2 Å². The van der Waals surface area contributed by atoms with Gasteiger partial charge >= 0.3 is 0 Å². The van der Waals surface area contributed by atoms with Crippen LogP contribution in [0.4, 0.5) is 0 Å². The molecule has 0 aliphatic heterocycles. The van der Waals surface area contributed by atoms with Crippen molar-refractivity contribution in [3.8, 4) is 5.69 Å². The smallest absolute Gasteiger partial charge is 0.253 e. The molecule has 21 heavy (non-hydrogen) atoms. The van der Waals surface area contributed by atoms with Gasteiger partial charge in [0.15, 0.2) is 0 Å². The summed E-state index contributed by atoms with van der Waals surface area (Å²) in [5.41, 5.74) is 1.02. The number of aromatic nitrogens is 4. The van der Waals surface area contributed by atoms with Crippen molar-refractivity contribution in [2.75, 3.05) is 19.6 Å². The van der Waals surface area contributed by atoms with Crippen LogP contribution in [0.5, 0.6) is 0 Å². The number of rotatable bonds is 7. The van der Waals surface area contributed by atoms with E-state index in [2.05, 4.69) is 33.1 Å². The summed E-state index contributed by atoms with van der Waals surface area (Å²) in [6.45, 7) is 4.29. The molecule has 0 aliphatic rings. The van der Waals surface area contributed by atoms with E-state index in [-0.39, 0.29) is 5.91 Å². The summed E-state index contributed by atoms with van der Waals surface area (Å²) in [7, 11) is 0. The Labute approximate surface area is 127 Å². The van der Waals surface area contributed by atoms with Crippen LogP contribution in [0, 0.1) is 0 Å². The number of hydrogen-bond acceptors (Lipinski definition) is 5. The van der Waals surface area contributed by atoms with E-state index in [1.165, 1.54) is 11.0 Å². The minimum Gasteiger partial charge on any atom is -0.351 e. The largest absolute Gasteiger partial charge is 0.351 e. The van der Waals surface area contributed by atoms with Gasteiger partial charge in [0.2, 0.25) is 0 Å². The van der Waals surface area contributed by atoms with Crippen LogP contribution in [0.2, 0.25) is 5.02 Å². The highest BCUT2D eigenvalue weighted by molar-refractivity contribution is 6.31. The van der Waals surface area contributed by atoms with Crippen molar-refractivity contribution in [1.82, 2.24) is 30.8 Å². The first kappa shape index (κ1) is 15.4. The molecule has 7 nitrogen and oxygen atoms in total. The molecule has 0 saturated carbocycles. The van der Waals surface area contributed by atoms with Crippen molar-refractivity contribution in [2.45, 2.75) is 13.3 Å². The van der Waals surface area contributed by atoms with E-state index in [9.17, 15) is 4.79 Å². The standard InChI is InChI=1S/C13H17ClN6O/c1-2-5-15-6-7-16-13(21)11-8-10(14)3-4-12(11)20-9-17-18-19-20/h3-4,8-9,15H,2,5-7H2,1H3,(H,16,21). The number of tetrazole rings is 1. The van der Waals surface area contributed by atoms with Crippen molar-refractivity contribution < 1.29 is 4.79 Å². The zero-order chi connectivity index (χ0) is 15.1. The number of halogens is 1. The number of carbonyl (C=O) groups excluding carboxylic acids is 1. The van der Waals surface area contributed by atoms with Crippen molar-refractivity contribution in [1.29, 1.82) is 0 Å². The van der Waals surface area contributed by atoms with E-state index in [0.29, 0.717) is 22.8 Å². The maximum absolute atomic E-state index is 12.3. The van der Waals surface area contributed by atoms with Gasteiger partial charge in [-0.25, -0.2) is 0 Å². The maximum atomic E-state index is 12.3. The van der Waals surface area contributed by atoms with Gasteiger partial charge in [-0.1, -0.05) is 18.5 Å². The van der Waals surface area contributed by atoms with E-state index in [4.69, 9.17) is 11.6 Å². The molecule has 2 N–H and O–H groups in total. The predicted octanol–water partition coefficient (Wildman–Crippen LogP) is 1.05. The summed E-state index contributed by atoms with van der Waals surface area (Å²) in [4.78, 5) is 12.3. The fraction of sp³-hybridized carbons (Fsp3) is 0.385. The molecular weight excluding hydrogens is 292 g/mol. The molecule has 1 heterocycles. The highest BCUT2D eigenvalue weighted by Crippen LogP contribution is 2.18. The number of nitrogens with one attached hydrogen (secondary N) is 2. The number of hydrogen-bond donors (Lipinski definition) is 2. The third-order valence-electron chi connectivity index (χ3n) is 2.81. The molecular formula is C13H17ClN6O. The third kappa shape index (κ3) is 4.24. The summed E-state index contributed by atoms with van der Waals surface area (Å²) in [6.07, 6.45) is 2.49. The Hall–Kier alpha value is -1.99. The van der Waals surface area contributed by atoms with E-state index < -0.39 is 0 Å². The molecule has 0 unspecified atom stereocenters. The summed E-state index contributed by atoms with van der Waals surface area (Å²) in [5.74, 6) is -0.207. The van der Waals surface area contributed by atoms with Crippen LogP contribution < -0.4 is 10.6 Å². The molecule has 1 aromatic carbocycles. The first-order valence-corrected chi connectivity index (χ1v) is 7.12. The van der Waals surface area contributed by atoms with E-state index >= 15 is 0 Å². The Kier molecular flexibility index (Phi) is 5.65. The molecule has 0 spiro atoms. The first-order chi connectivity index (χ1) is 10.2. The van der Waals surface area contributed by atoms with Gasteiger partial charge in [-0.3, -0.25) is 4.79 Å². The monoisotopic (exact) mass is 308 g/mol. The molecule has 0 fully saturated rings. The van der Waals surface area contributed by atoms with Crippen molar-refractivity contribution in [3.63, 3.8) is 0 Å². The average molecular weight is 309 g/mol. The van der Waals surface area contributed by atoms with Crippen molar-refractivity contribution in [2.24, 2.45) is 0 Å². The summed E-state index contributed by atoms with van der Waals surface area (Å²) in [5, 5.41) is 17.5. The van der Waals surface area contributed by atoms with E-state index in [0.717, 1.165) is 19.5 Å².